The minimum absolute atomic E-state index is 0.396. The van der Waals surface area contributed by atoms with E-state index in [1.807, 2.05) is 0 Å². The van der Waals surface area contributed by atoms with E-state index in [1.54, 1.807) is 18.5 Å². The molecule has 1 aromatic heterocycles. The van der Waals surface area contributed by atoms with Crippen LogP contribution in [0.25, 0.3) is 0 Å². The van der Waals surface area contributed by atoms with Gasteiger partial charge in [-0.1, -0.05) is 31.2 Å². The van der Waals surface area contributed by atoms with E-state index >= 15 is 0 Å². The summed E-state index contributed by atoms with van der Waals surface area (Å²) in [6.07, 6.45) is 3.39. The van der Waals surface area contributed by atoms with E-state index in [4.69, 9.17) is 9.63 Å². The molecule has 0 aliphatic rings. The second-order valence-corrected chi connectivity index (χ2v) is 4.61. The van der Waals surface area contributed by atoms with Crippen molar-refractivity contribution in [2.75, 3.05) is 6.61 Å². The third kappa shape index (κ3) is 8.35. The van der Waals surface area contributed by atoms with Crippen LogP contribution >= 0.6 is 19.6 Å². The first-order valence-corrected chi connectivity index (χ1v) is 7.50. The van der Waals surface area contributed by atoms with E-state index in [-0.39, 0.29) is 0 Å². The van der Waals surface area contributed by atoms with E-state index in [1.165, 1.54) is 24.2 Å². The molecule has 0 bridgehead atoms. The van der Waals surface area contributed by atoms with Gasteiger partial charge in [-0.25, -0.2) is 4.98 Å². The highest BCUT2D eigenvalue weighted by Gasteiger charge is 2.26. The van der Waals surface area contributed by atoms with Gasteiger partial charge in [-0.3, -0.25) is 0 Å². The van der Waals surface area contributed by atoms with Gasteiger partial charge in [0.05, 0.1) is 0 Å². The molecular weight excluding hydrogens is 261 g/mol. The fourth-order valence-corrected chi connectivity index (χ4v) is 1.74. The topological polar surface area (TPSA) is 68.7 Å². The van der Waals surface area contributed by atoms with E-state index < -0.39 is 14.5 Å². The van der Waals surface area contributed by atoms with Crippen molar-refractivity contribution in [3.63, 3.8) is 0 Å². The minimum atomic E-state index is -2.66. The molecule has 0 spiro atoms. The van der Waals surface area contributed by atoms with Crippen molar-refractivity contribution in [2.45, 2.75) is 39.9 Å². The van der Waals surface area contributed by atoms with Crippen LogP contribution in [0.3, 0.4) is 0 Å². The molecule has 0 saturated heterocycles. The molecule has 0 radical (unpaired) electrons. The van der Waals surface area contributed by atoms with E-state index in [0.29, 0.717) is 11.6 Å². The van der Waals surface area contributed by atoms with Gasteiger partial charge in [0.25, 0.3) is 6.29 Å². The van der Waals surface area contributed by atoms with Gasteiger partial charge in [0, 0.05) is 22.7 Å². The average molecular weight is 280 g/mol. The van der Waals surface area contributed by atoms with E-state index in [9.17, 15) is 4.57 Å². The first kappa shape index (κ1) is 16.6. The van der Waals surface area contributed by atoms with Crippen LogP contribution in [0.15, 0.2) is 11.6 Å². The Bertz CT molecular complexity index is 293. The largest absolute Gasteiger partial charge is 0.697 e. The third-order valence-corrected chi connectivity index (χ3v) is 2.83. The molecule has 1 aromatic rings. The maximum absolute atomic E-state index is 10.4. The van der Waals surface area contributed by atoms with Gasteiger partial charge in [0.15, 0.2) is 5.01 Å². The number of thiazole rings is 1. The summed E-state index contributed by atoms with van der Waals surface area (Å²) < 4.78 is 20.1. The average Bonchev–Trinajstić information content (AvgIpc) is 2.82. The van der Waals surface area contributed by atoms with Crippen molar-refractivity contribution < 1.29 is 18.7 Å². The Hall–Kier alpha value is -0.390. The molecule has 1 rings (SSSR count). The molecule has 0 saturated carbocycles. The van der Waals surface area contributed by atoms with Crippen LogP contribution in [0, 0.1) is 0 Å². The van der Waals surface area contributed by atoms with Gasteiger partial charge in [0.1, 0.15) is 0 Å². The molecular formula is C10H19NO4PS+. The zero-order chi connectivity index (χ0) is 13.1. The lowest BCUT2D eigenvalue weighted by Gasteiger charge is -2.05. The summed E-state index contributed by atoms with van der Waals surface area (Å²) in [5.41, 5.74) is 0. The van der Waals surface area contributed by atoms with Crippen molar-refractivity contribution in [1.82, 2.24) is 4.98 Å². The number of aromatic nitrogens is 1. The maximum Gasteiger partial charge on any atom is 0.697 e. The summed E-state index contributed by atoms with van der Waals surface area (Å²) in [6, 6.07) is 0. The fraction of sp³-hybridized carbons (Fsp3) is 0.700. The van der Waals surface area contributed by atoms with Gasteiger partial charge >= 0.3 is 8.25 Å². The van der Waals surface area contributed by atoms with Crippen molar-refractivity contribution in [2.24, 2.45) is 0 Å². The number of rotatable bonds is 6. The Balaban J connectivity index is 0.000000557. The molecule has 1 heterocycles. The molecule has 0 aromatic carbocycles. The zero-order valence-electron chi connectivity index (χ0n) is 10.3. The predicted molar refractivity (Wildman–Crippen MR) is 68.0 cm³/mol. The van der Waals surface area contributed by atoms with Crippen molar-refractivity contribution in [3.05, 3.63) is 16.6 Å². The monoisotopic (exact) mass is 280 g/mol. The van der Waals surface area contributed by atoms with Crippen molar-refractivity contribution in [1.29, 1.82) is 0 Å². The third-order valence-electron chi connectivity index (χ3n) is 1.66. The Morgan fingerprint density at radius 2 is 2.12 bits per heavy atom. The quantitative estimate of drug-likeness (QED) is 0.636. The van der Waals surface area contributed by atoms with Crippen LogP contribution in [0.4, 0.5) is 0 Å². The fourth-order valence-electron chi connectivity index (χ4n) is 0.731. The van der Waals surface area contributed by atoms with Crippen LogP contribution in [-0.2, 0) is 13.8 Å². The van der Waals surface area contributed by atoms with Crippen LogP contribution in [0.2, 0.25) is 0 Å². The van der Waals surface area contributed by atoms with Crippen molar-refractivity contribution >= 4 is 19.6 Å². The molecule has 5 nitrogen and oxygen atoms in total. The Morgan fingerprint density at radius 3 is 2.47 bits per heavy atom. The van der Waals surface area contributed by atoms with Gasteiger partial charge in [-0.05, 0) is 6.92 Å². The van der Waals surface area contributed by atoms with Crippen LogP contribution in [-0.4, -0.2) is 16.5 Å². The summed E-state index contributed by atoms with van der Waals surface area (Å²) in [5, 5.41) is 2.29. The predicted octanol–water partition coefficient (Wildman–Crippen LogP) is 3.65. The molecule has 2 atom stereocenters. The lowest BCUT2D eigenvalue weighted by atomic mass is 10.4. The normalized spacial score (nSPS) is 12.6. The van der Waals surface area contributed by atoms with Crippen LogP contribution in [0.5, 0.6) is 0 Å². The second-order valence-electron chi connectivity index (χ2n) is 3.00. The molecule has 2 unspecified atom stereocenters. The zero-order valence-corrected chi connectivity index (χ0v) is 12.0. The molecule has 0 fully saturated rings. The molecule has 98 valence electrons. The van der Waals surface area contributed by atoms with Crippen LogP contribution in [0.1, 0.15) is 44.9 Å². The summed E-state index contributed by atoms with van der Waals surface area (Å²) in [4.78, 5) is 12.4. The van der Waals surface area contributed by atoms with Gasteiger partial charge in [-0.15, -0.1) is 16.2 Å². The standard InChI is InChI=1S/C6H8NO4PS.C4H10/c1-2-10-6(11-12(8)9)5-7-3-4-13-5;1-3-4-2/h3-4,6H,2H2,1H3;3-4H2,1-2H3/p+1. The maximum atomic E-state index is 10.4. The van der Waals surface area contributed by atoms with Gasteiger partial charge in [0.2, 0.25) is 0 Å². The van der Waals surface area contributed by atoms with E-state index in [0.717, 1.165) is 0 Å². The minimum Gasteiger partial charge on any atom is -0.343 e. The number of nitrogens with zero attached hydrogens (tertiary/aromatic N) is 1. The Kier molecular flexibility index (Phi) is 10.5. The number of hydrogen-bond donors (Lipinski definition) is 1. The number of ether oxygens (including phenoxy) is 1. The lowest BCUT2D eigenvalue weighted by Crippen LogP contribution is -2.04. The molecule has 0 amide bonds. The lowest BCUT2D eigenvalue weighted by molar-refractivity contribution is -0.0793. The first-order chi connectivity index (χ1) is 8.15. The Morgan fingerprint density at radius 1 is 1.47 bits per heavy atom. The van der Waals surface area contributed by atoms with Crippen molar-refractivity contribution in [3.8, 4) is 0 Å². The Labute approximate surface area is 107 Å². The number of hydrogen-bond acceptors (Lipinski definition) is 5. The molecule has 7 heteroatoms. The smallest absolute Gasteiger partial charge is 0.343 e. The van der Waals surface area contributed by atoms with Crippen LogP contribution < -0.4 is 0 Å². The molecule has 17 heavy (non-hydrogen) atoms. The highest BCUT2D eigenvalue weighted by molar-refractivity contribution is 7.32. The SMILES string of the molecule is CCCC.CCOC(O[P+](=O)O)c1nccs1. The molecule has 0 aliphatic carbocycles. The van der Waals surface area contributed by atoms with E-state index in [2.05, 4.69) is 23.4 Å². The summed E-state index contributed by atoms with van der Waals surface area (Å²) in [6.45, 7) is 6.53. The highest BCUT2D eigenvalue weighted by Crippen LogP contribution is 2.30. The highest BCUT2D eigenvalue weighted by atomic mass is 32.1. The summed E-state index contributed by atoms with van der Waals surface area (Å²) >= 11 is 1.31. The van der Waals surface area contributed by atoms with Gasteiger partial charge in [-0.2, -0.15) is 0 Å². The molecule has 0 aliphatic heterocycles. The second kappa shape index (κ2) is 10.7. The van der Waals surface area contributed by atoms with Gasteiger partial charge < -0.3 is 4.74 Å². The molecule has 1 N–H and O–H groups in total. The summed E-state index contributed by atoms with van der Waals surface area (Å²) in [5.74, 6) is 0. The number of unbranched alkanes of at least 4 members (excludes halogenated alkanes) is 1. The summed E-state index contributed by atoms with van der Waals surface area (Å²) in [7, 11) is -2.66. The first-order valence-electron chi connectivity index (χ1n) is 5.49.